The Morgan fingerprint density at radius 1 is 1.07 bits per heavy atom. The predicted octanol–water partition coefficient (Wildman–Crippen LogP) is 2.15. The van der Waals surface area contributed by atoms with Crippen LogP contribution in [0.25, 0.3) is 0 Å². The minimum atomic E-state index is -0.870. The van der Waals surface area contributed by atoms with Gasteiger partial charge in [0.05, 0.1) is 12.2 Å². The summed E-state index contributed by atoms with van der Waals surface area (Å²) < 4.78 is 0.725. The summed E-state index contributed by atoms with van der Waals surface area (Å²) in [6.07, 6.45) is 5.03. The number of hydrogen-bond acceptors (Lipinski definition) is 4. The lowest BCUT2D eigenvalue weighted by Crippen LogP contribution is -2.47. The van der Waals surface area contributed by atoms with Crippen LogP contribution in [0.4, 0.5) is 10.5 Å². The molecular formula is C19H23BrN4O4. The fourth-order valence-electron chi connectivity index (χ4n) is 3.63. The number of carbonyl (C=O) groups excluding carboxylic acids is 4. The molecule has 1 heterocycles. The highest BCUT2D eigenvalue weighted by Crippen LogP contribution is 2.32. The van der Waals surface area contributed by atoms with Crippen LogP contribution >= 0.6 is 15.9 Å². The highest BCUT2D eigenvalue weighted by atomic mass is 79.9. The molecule has 0 aromatic heterocycles. The molecule has 1 aromatic rings. The molecule has 5 amide bonds. The summed E-state index contributed by atoms with van der Waals surface area (Å²) in [5.41, 5.74) is -0.281. The average Bonchev–Trinajstić information content (AvgIpc) is 2.83. The van der Waals surface area contributed by atoms with E-state index in [2.05, 4.69) is 31.9 Å². The van der Waals surface area contributed by atoms with Crippen LogP contribution in [0, 0.1) is 0 Å². The van der Waals surface area contributed by atoms with Gasteiger partial charge in [-0.1, -0.05) is 37.8 Å². The number of carbonyl (C=O) groups is 4. The maximum Gasteiger partial charge on any atom is 0.325 e. The van der Waals surface area contributed by atoms with Crippen LogP contribution in [0.1, 0.15) is 38.5 Å². The quantitative estimate of drug-likeness (QED) is 0.597. The van der Waals surface area contributed by atoms with E-state index in [1.807, 2.05) is 6.07 Å². The summed E-state index contributed by atoms with van der Waals surface area (Å²) in [4.78, 5) is 50.2. The second kappa shape index (κ2) is 8.72. The van der Waals surface area contributed by atoms with E-state index < -0.39 is 29.9 Å². The average molecular weight is 451 g/mol. The van der Waals surface area contributed by atoms with Crippen molar-refractivity contribution < 1.29 is 19.2 Å². The van der Waals surface area contributed by atoms with Crippen molar-refractivity contribution in [3.8, 4) is 0 Å². The van der Waals surface area contributed by atoms with E-state index in [4.69, 9.17) is 0 Å². The SMILES string of the molecule is O=C(CN1C(=O)NC2(CCCCCC2)C1=O)NCC(=O)Nc1ccccc1Br. The number of amides is 5. The van der Waals surface area contributed by atoms with Crippen molar-refractivity contribution >= 4 is 45.4 Å². The molecule has 3 N–H and O–H groups in total. The fourth-order valence-corrected chi connectivity index (χ4v) is 4.01. The molecule has 2 fully saturated rings. The minimum absolute atomic E-state index is 0.255. The molecule has 9 heteroatoms. The lowest BCUT2D eigenvalue weighted by atomic mass is 9.90. The molecule has 1 saturated heterocycles. The summed E-state index contributed by atoms with van der Waals surface area (Å²) >= 11 is 3.33. The smallest absolute Gasteiger partial charge is 0.325 e. The number of nitrogens with zero attached hydrogens (tertiary/aromatic N) is 1. The van der Waals surface area contributed by atoms with Crippen LogP contribution in [0.2, 0.25) is 0 Å². The van der Waals surface area contributed by atoms with Gasteiger partial charge in [-0.15, -0.1) is 0 Å². The molecule has 3 rings (SSSR count). The number of halogens is 1. The molecule has 0 atom stereocenters. The van der Waals surface area contributed by atoms with E-state index in [1.54, 1.807) is 18.2 Å². The van der Waals surface area contributed by atoms with Gasteiger partial charge in [0, 0.05) is 4.47 Å². The van der Waals surface area contributed by atoms with Gasteiger partial charge >= 0.3 is 6.03 Å². The Hall–Kier alpha value is -2.42. The zero-order valence-corrected chi connectivity index (χ0v) is 17.0. The largest absolute Gasteiger partial charge is 0.345 e. The highest BCUT2D eigenvalue weighted by Gasteiger charge is 2.51. The number of anilines is 1. The second-order valence-corrected chi connectivity index (χ2v) is 7.98. The number of rotatable bonds is 5. The molecule has 0 unspecified atom stereocenters. The fraction of sp³-hybridized carbons (Fsp3) is 0.474. The van der Waals surface area contributed by atoms with Crippen molar-refractivity contribution in [2.24, 2.45) is 0 Å². The summed E-state index contributed by atoms with van der Waals surface area (Å²) in [6.45, 7) is -0.649. The van der Waals surface area contributed by atoms with Gasteiger partial charge < -0.3 is 16.0 Å². The molecule has 2 aliphatic rings. The van der Waals surface area contributed by atoms with Crippen molar-refractivity contribution in [2.45, 2.75) is 44.1 Å². The van der Waals surface area contributed by atoms with E-state index in [0.717, 1.165) is 35.1 Å². The topological polar surface area (TPSA) is 108 Å². The molecule has 150 valence electrons. The van der Waals surface area contributed by atoms with Crippen LogP contribution in [0.15, 0.2) is 28.7 Å². The Bertz CT molecular complexity index is 790. The molecule has 8 nitrogen and oxygen atoms in total. The summed E-state index contributed by atoms with van der Waals surface area (Å²) in [5, 5.41) is 7.91. The summed E-state index contributed by atoms with van der Waals surface area (Å²) in [6, 6.07) is 6.57. The predicted molar refractivity (Wildman–Crippen MR) is 106 cm³/mol. The number of imide groups is 1. The van der Waals surface area contributed by atoms with Gasteiger partial charge in [-0.3, -0.25) is 19.3 Å². The third kappa shape index (κ3) is 4.52. The maximum absolute atomic E-state index is 12.8. The van der Waals surface area contributed by atoms with Gasteiger partial charge in [0.1, 0.15) is 12.1 Å². The van der Waals surface area contributed by atoms with Gasteiger partial charge in [-0.05, 0) is 40.9 Å². The van der Waals surface area contributed by atoms with E-state index >= 15 is 0 Å². The van der Waals surface area contributed by atoms with Crippen molar-refractivity contribution in [1.82, 2.24) is 15.5 Å². The first-order valence-electron chi connectivity index (χ1n) is 9.36. The normalized spacial score (nSPS) is 18.5. The van der Waals surface area contributed by atoms with E-state index in [0.29, 0.717) is 18.5 Å². The highest BCUT2D eigenvalue weighted by molar-refractivity contribution is 9.10. The van der Waals surface area contributed by atoms with Gasteiger partial charge in [-0.25, -0.2) is 4.79 Å². The molecule has 0 radical (unpaired) electrons. The van der Waals surface area contributed by atoms with Gasteiger partial charge in [0.2, 0.25) is 11.8 Å². The van der Waals surface area contributed by atoms with E-state index in [-0.39, 0.29) is 12.5 Å². The third-order valence-corrected chi connectivity index (χ3v) is 5.79. The van der Waals surface area contributed by atoms with Gasteiger partial charge in [0.25, 0.3) is 5.91 Å². The lowest BCUT2D eigenvalue weighted by Gasteiger charge is -2.24. The first-order chi connectivity index (χ1) is 13.4. The summed E-state index contributed by atoms with van der Waals surface area (Å²) in [5.74, 6) is -1.30. The Balaban J connectivity index is 1.52. The lowest BCUT2D eigenvalue weighted by molar-refractivity contribution is -0.135. The first-order valence-corrected chi connectivity index (χ1v) is 10.2. The first kappa shape index (κ1) is 20.3. The molecule has 1 saturated carbocycles. The molecule has 1 aliphatic carbocycles. The molecule has 28 heavy (non-hydrogen) atoms. The molecular weight excluding hydrogens is 428 g/mol. The van der Waals surface area contributed by atoms with Crippen LogP contribution < -0.4 is 16.0 Å². The molecule has 1 aromatic carbocycles. The van der Waals surface area contributed by atoms with Gasteiger partial charge in [-0.2, -0.15) is 0 Å². The third-order valence-electron chi connectivity index (χ3n) is 5.10. The Morgan fingerprint density at radius 3 is 2.43 bits per heavy atom. The number of para-hydroxylation sites is 1. The standard InChI is InChI=1S/C19H23BrN4O4/c20-13-7-3-4-8-14(13)22-15(25)11-21-16(26)12-24-17(27)19(23-18(24)28)9-5-1-2-6-10-19/h3-4,7-8H,1-2,5-6,9-12H2,(H,21,26)(H,22,25)(H,23,28). The summed E-state index contributed by atoms with van der Waals surface area (Å²) in [7, 11) is 0. The molecule has 0 bridgehead atoms. The maximum atomic E-state index is 12.8. The number of hydrogen-bond donors (Lipinski definition) is 3. The van der Waals surface area contributed by atoms with Crippen LogP contribution in [0.3, 0.4) is 0 Å². The zero-order valence-electron chi connectivity index (χ0n) is 15.4. The van der Waals surface area contributed by atoms with Crippen LogP contribution in [-0.4, -0.2) is 47.3 Å². The Kier molecular flexibility index (Phi) is 6.33. The van der Waals surface area contributed by atoms with Crippen molar-refractivity contribution in [2.75, 3.05) is 18.4 Å². The monoisotopic (exact) mass is 450 g/mol. The zero-order chi connectivity index (χ0) is 20.1. The van der Waals surface area contributed by atoms with E-state index in [1.165, 1.54) is 0 Å². The van der Waals surface area contributed by atoms with Crippen molar-refractivity contribution in [3.63, 3.8) is 0 Å². The van der Waals surface area contributed by atoms with Gasteiger partial charge in [0.15, 0.2) is 0 Å². The number of nitrogens with one attached hydrogen (secondary N) is 3. The Morgan fingerprint density at radius 2 is 1.75 bits per heavy atom. The minimum Gasteiger partial charge on any atom is -0.345 e. The van der Waals surface area contributed by atoms with Crippen LogP contribution in [0.5, 0.6) is 0 Å². The number of benzene rings is 1. The molecule has 1 aliphatic heterocycles. The van der Waals surface area contributed by atoms with Crippen molar-refractivity contribution in [1.29, 1.82) is 0 Å². The van der Waals surface area contributed by atoms with Crippen molar-refractivity contribution in [3.05, 3.63) is 28.7 Å². The van der Waals surface area contributed by atoms with E-state index in [9.17, 15) is 19.2 Å². The second-order valence-electron chi connectivity index (χ2n) is 7.12. The van der Waals surface area contributed by atoms with Crippen LogP contribution in [-0.2, 0) is 14.4 Å². The Labute approximate surface area is 171 Å². The molecule has 1 spiro atoms. The number of urea groups is 1.